The summed E-state index contributed by atoms with van der Waals surface area (Å²) in [5, 5.41) is 2.84. The van der Waals surface area contributed by atoms with Gasteiger partial charge in [-0.25, -0.2) is 0 Å². The van der Waals surface area contributed by atoms with Crippen LogP contribution in [0.3, 0.4) is 0 Å². The van der Waals surface area contributed by atoms with Crippen LogP contribution < -0.4 is 10.1 Å². The largest absolute Gasteiger partial charge is 0.454 e. The Morgan fingerprint density at radius 1 is 1.16 bits per heavy atom. The molecular formula is C23H28N4O3S. The molecule has 0 atom stereocenters. The maximum absolute atomic E-state index is 12.7. The molecule has 164 valence electrons. The fourth-order valence-electron chi connectivity index (χ4n) is 3.02. The molecule has 0 spiro atoms. The lowest BCUT2D eigenvalue weighted by molar-refractivity contribution is 0.0921. The molecule has 8 heteroatoms. The Kier molecular flexibility index (Phi) is 7.25. The number of thiazole rings is 1. The van der Waals surface area contributed by atoms with Crippen LogP contribution >= 0.6 is 11.3 Å². The molecule has 7 nitrogen and oxygen atoms in total. The van der Waals surface area contributed by atoms with Crippen LogP contribution in [0.1, 0.15) is 42.8 Å². The lowest BCUT2D eigenvalue weighted by Crippen LogP contribution is -2.31. The van der Waals surface area contributed by atoms with Gasteiger partial charge in [-0.1, -0.05) is 17.7 Å². The quantitative estimate of drug-likeness (QED) is 0.612. The molecule has 2 aromatic heterocycles. The Morgan fingerprint density at radius 2 is 1.94 bits per heavy atom. The fourth-order valence-corrected chi connectivity index (χ4v) is 3.99. The highest BCUT2D eigenvalue weighted by molar-refractivity contribution is 7.09. The van der Waals surface area contributed by atoms with Crippen molar-refractivity contribution in [2.24, 2.45) is 4.99 Å². The molecule has 3 aromatic rings. The summed E-state index contributed by atoms with van der Waals surface area (Å²) in [5.41, 5.74) is 2.58. The summed E-state index contributed by atoms with van der Waals surface area (Å²) in [6.07, 6.45) is 0. The number of amides is 2. The van der Waals surface area contributed by atoms with Crippen molar-refractivity contribution in [1.82, 2.24) is 14.8 Å². The van der Waals surface area contributed by atoms with Gasteiger partial charge in [-0.15, -0.1) is 11.3 Å². The zero-order valence-corrected chi connectivity index (χ0v) is 19.4. The minimum Gasteiger partial charge on any atom is -0.454 e. The summed E-state index contributed by atoms with van der Waals surface area (Å²) < 4.78 is 7.71. The Balaban J connectivity index is 1.81. The molecule has 0 saturated heterocycles. The van der Waals surface area contributed by atoms with Crippen molar-refractivity contribution in [2.45, 2.75) is 27.3 Å². The molecule has 0 aliphatic heterocycles. The van der Waals surface area contributed by atoms with E-state index in [0.29, 0.717) is 29.2 Å². The van der Waals surface area contributed by atoms with E-state index >= 15 is 0 Å². The number of nitrogens with one attached hydrogen (secondary N) is 1. The maximum atomic E-state index is 12.7. The third-order valence-corrected chi connectivity index (χ3v) is 5.99. The molecule has 0 aliphatic carbocycles. The first kappa shape index (κ1) is 22.7. The van der Waals surface area contributed by atoms with Crippen molar-refractivity contribution in [3.05, 3.63) is 74.4 Å². The highest BCUT2D eigenvalue weighted by Gasteiger charge is 2.14. The van der Waals surface area contributed by atoms with E-state index in [-0.39, 0.29) is 17.6 Å². The van der Waals surface area contributed by atoms with E-state index in [1.807, 2.05) is 62.5 Å². The smallest absolute Gasteiger partial charge is 0.287 e. The average molecular weight is 441 g/mol. The molecule has 1 N–H and O–H groups in total. The van der Waals surface area contributed by atoms with Crippen LogP contribution in [0.4, 0.5) is 0 Å². The number of carbonyl (C=O) groups is 2. The number of likely N-dealkylation sites (N-methyl/N-ethyl adjacent to an activating group) is 1. The van der Waals surface area contributed by atoms with Crippen molar-refractivity contribution in [3.63, 3.8) is 0 Å². The third kappa shape index (κ3) is 5.80. The van der Waals surface area contributed by atoms with Gasteiger partial charge >= 0.3 is 0 Å². The highest BCUT2D eigenvalue weighted by Crippen LogP contribution is 2.15. The van der Waals surface area contributed by atoms with Crippen LogP contribution in [0.25, 0.3) is 0 Å². The van der Waals surface area contributed by atoms with Gasteiger partial charge in [0.1, 0.15) is 5.76 Å². The van der Waals surface area contributed by atoms with E-state index in [2.05, 4.69) is 10.3 Å². The fraction of sp³-hybridized carbons (Fsp3) is 0.348. The Hall–Kier alpha value is -2.97. The van der Waals surface area contributed by atoms with E-state index in [1.54, 1.807) is 18.2 Å². The molecule has 0 fully saturated rings. The molecule has 31 heavy (non-hydrogen) atoms. The standard InChI is InChI=1S/C23H28N4O3S/c1-15-7-6-8-18(13-15)21(28)25-23-27(16(2)17(3)31-23)14-19-9-10-20(30-19)22(29)24-11-12-26(4)5/h6-10,13H,11-12,14H2,1-5H3,(H,24,29). The maximum Gasteiger partial charge on any atom is 0.287 e. The van der Waals surface area contributed by atoms with Crippen molar-refractivity contribution in [3.8, 4) is 0 Å². The monoisotopic (exact) mass is 440 g/mol. The summed E-state index contributed by atoms with van der Waals surface area (Å²) in [6, 6.07) is 10.9. The first-order valence-electron chi connectivity index (χ1n) is 10.1. The first-order valence-corrected chi connectivity index (χ1v) is 10.9. The van der Waals surface area contributed by atoms with E-state index in [0.717, 1.165) is 22.7 Å². The van der Waals surface area contributed by atoms with Gasteiger partial charge in [0.05, 0.1) is 6.54 Å². The number of nitrogens with zero attached hydrogens (tertiary/aromatic N) is 3. The average Bonchev–Trinajstić information content (AvgIpc) is 3.28. The van der Waals surface area contributed by atoms with Crippen molar-refractivity contribution in [1.29, 1.82) is 0 Å². The number of hydrogen-bond donors (Lipinski definition) is 1. The summed E-state index contributed by atoms with van der Waals surface area (Å²) in [5.74, 6) is 0.381. The van der Waals surface area contributed by atoms with E-state index in [1.165, 1.54) is 11.3 Å². The second-order valence-electron chi connectivity index (χ2n) is 7.72. The van der Waals surface area contributed by atoms with Crippen molar-refractivity contribution >= 4 is 23.2 Å². The van der Waals surface area contributed by atoms with Crippen LogP contribution in [0.2, 0.25) is 0 Å². The Labute approximate surface area is 186 Å². The highest BCUT2D eigenvalue weighted by atomic mass is 32.1. The van der Waals surface area contributed by atoms with E-state index in [9.17, 15) is 9.59 Å². The topological polar surface area (TPSA) is 79.8 Å². The number of rotatable bonds is 7. The molecule has 1 aromatic carbocycles. The van der Waals surface area contributed by atoms with Crippen molar-refractivity contribution < 1.29 is 14.0 Å². The lowest BCUT2D eigenvalue weighted by Gasteiger charge is -2.09. The van der Waals surface area contributed by atoms with Gasteiger partial charge in [-0.2, -0.15) is 4.99 Å². The SMILES string of the molecule is Cc1cccc(C(=O)N=c2sc(C)c(C)n2Cc2ccc(C(=O)NCCN(C)C)o2)c1. The Morgan fingerprint density at radius 3 is 2.65 bits per heavy atom. The van der Waals surface area contributed by atoms with Gasteiger partial charge in [-0.05, 0) is 59.1 Å². The van der Waals surface area contributed by atoms with Crippen LogP contribution in [-0.2, 0) is 6.54 Å². The third-order valence-electron chi connectivity index (χ3n) is 4.90. The lowest BCUT2D eigenvalue weighted by atomic mass is 10.1. The molecular weight excluding hydrogens is 412 g/mol. The summed E-state index contributed by atoms with van der Waals surface area (Å²) >= 11 is 1.46. The van der Waals surface area contributed by atoms with Crippen LogP contribution in [-0.4, -0.2) is 48.5 Å². The Bertz CT molecular complexity index is 1150. The minimum absolute atomic E-state index is 0.240. The molecule has 0 bridgehead atoms. The molecule has 0 aliphatic rings. The van der Waals surface area contributed by atoms with Gasteiger partial charge in [0, 0.05) is 29.2 Å². The van der Waals surface area contributed by atoms with Crippen LogP contribution in [0.5, 0.6) is 0 Å². The van der Waals surface area contributed by atoms with Crippen LogP contribution in [0, 0.1) is 20.8 Å². The minimum atomic E-state index is -0.279. The van der Waals surface area contributed by atoms with Gasteiger partial charge < -0.3 is 19.2 Å². The number of furan rings is 1. The number of carbonyl (C=O) groups excluding carboxylic acids is 2. The predicted octanol–water partition coefficient (Wildman–Crippen LogP) is 3.15. The normalized spacial score (nSPS) is 11.9. The number of aromatic nitrogens is 1. The summed E-state index contributed by atoms with van der Waals surface area (Å²) in [6.45, 7) is 7.62. The molecule has 2 amide bonds. The van der Waals surface area contributed by atoms with Gasteiger partial charge in [0.25, 0.3) is 11.8 Å². The van der Waals surface area contributed by atoms with Gasteiger partial charge in [-0.3, -0.25) is 9.59 Å². The van der Waals surface area contributed by atoms with E-state index < -0.39 is 0 Å². The van der Waals surface area contributed by atoms with Crippen molar-refractivity contribution in [2.75, 3.05) is 27.2 Å². The second-order valence-corrected chi connectivity index (χ2v) is 8.91. The molecule has 3 rings (SSSR count). The number of hydrogen-bond acceptors (Lipinski definition) is 5. The first-order chi connectivity index (χ1) is 14.7. The second kappa shape index (κ2) is 9.89. The van der Waals surface area contributed by atoms with Gasteiger partial charge in [0.15, 0.2) is 10.6 Å². The summed E-state index contributed by atoms with van der Waals surface area (Å²) in [7, 11) is 3.90. The van der Waals surface area contributed by atoms with Gasteiger partial charge in [0.2, 0.25) is 0 Å². The summed E-state index contributed by atoms with van der Waals surface area (Å²) in [4.78, 5) is 33.0. The number of benzene rings is 1. The predicted molar refractivity (Wildman–Crippen MR) is 122 cm³/mol. The molecule has 0 saturated carbocycles. The zero-order chi connectivity index (χ0) is 22.5. The number of aryl methyl sites for hydroxylation is 2. The zero-order valence-electron chi connectivity index (χ0n) is 18.6. The molecule has 0 unspecified atom stereocenters. The van der Waals surface area contributed by atoms with Crippen LogP contribution in [0.15, 0.2) is 45.8 Å². The molecule has 2 heterocycles. The molecule has 0 radical (unpaired) electrons. The van der Waals surface area contributed by atoms with E-state index in [4.69, 9.17) is 4.42 Å².